The molecule has 0 amide bonds. The maximum Gasteiger partial charge on any atom is 0.165 e. The van der Waals surface area contributed by atoms with Crippen LogP contribution in [0.1, 0.15) is 5.56 Å². The molecule has 0 aliphatic carbocycles. The third-order valence-corrected chi connectivity index (χ3v) is 2.37. The van der Waals surface area contributed by atoms with Gasteiger partial charge in [-0.3, -0.25) is 0 Å². The van der Waals surface area contributed by atoms with Crippen molar-refractivity contribution in [2.75, 3.05) is 5.88 Å². The molecule has 76 valence electrons. The van der Waals surface area contributed by atoms with Crippen molar-refractivity contribution < 1.29 is 13.9 Å². The molecular formula is C10H9ClF2O. The summed E-state index contributed by atoms with van der Waals surface area (Å²) >= 11 is 5.46. The molecule has 0 spiro atoms. The Morgan fingerprint density at radius 3 is 2.64 bits per heavy atom. The van der Waals surface area contributed by atoms with Gasteiger partial charge in [0.05, 0.1) is 5.88 Å². The summed E-state index contributed by atoms with van der Waals surface area (Å²) in [6, 6.07) is 3.54. The first-order valence-electron chi connectivity index (χ1n) is 3.91. The molecule has 0 aromatic heterocycles. The van der Waals surface area contributed by atoms with Crippen LogP contribution in [0.5, 0.6) is 0 Å². The lowest BCUT2D eigenvalue weighted by Gasteiger charge is -2.22. The summed E-state index contributed by atoms with van der Waals surface area (Å²) < 4.78 is 26.0. The molecule has 1 N–H and O–H groups in total. The highest BCUT2D eigenvalue weighted by atomic mass is 35.5. The van der Waals surface area contributed by atoms with Crippen molar-refractivity contribution in [3.8, 4) is 0 Å². The highest BCUT2D eigenvalue weighted by Crippen LogP contribution is 2.27. The predicted molar refractivity (Wildman–Crippen MR) is 51.2 cm³/mol. The molecule has 1 aromatic rings. The highest BCUT2D eigenvalue weighted by molar-refractivity contribution is 6.18. The molecule has 0 fully saturated rings. The molecule has 4 heteroatoms. The summed E-state index contributed by atoms with van der Waals surface area (Å²) in [5.74, 6) is -2.40. The van der Waals surface area contributed by atoms with Crippen LogP contribution in [0.25, 0.3) is 0 Å². The lowest BCUT2D eigenvalue weighted by Crippen LogP contribution is -2.26. The van der Waals surface area contributed by atoms with E-state index in [4.69, 9.17) is 11.6 Å². The van der Waals surface area contributed by atoms with Gasteiger partial charge in [-0.2, -0.15) is 0 Å². The normalized spacial score (nSPS) is 14.9. The highest BCUT2D eigenvalue weighted by Gasteiger charge is 2.28. The molecule has 0 aliphatic rings. The molecule has 0 bridgehead atoms. The standard InChI is InChI=1S/C10H9ClF2O/c1-2-10(14,6-11)7-4-3-5-8(12)9(7)13/h2-5,14H,1,6H2. The molecular weight excluding hydrogens is 210 g/mol. The van der Waals surface area contributed by atoms with E-state index in [-0.39, 0.29) is 11.4 Å². The monoisotopic (exact) mass is 218 g/mol. The van der Waals surface area contributed by atoms with E-state index in [1.807, 2.05) is 0 Å². The van der Waals surface area contributed by atoms with E-state index in [1.54, 1.807) is 0 Å². The average molecular weight is 219 g/mol. The first-order valence-corrected chi connectivity index (χ1v) is 4.45. The second-order valence-electron chi connectivity index (χ2n) is 2.86. The molecule has 1 aromatic carbocycles. The van der Waals surface area contributed by atoms with Crippen molar-refractivity contribution in [3.05, 3.63) is 48.1 Å². The van der Waals surface area contributed by atoms with E-state index in [9.17, 15) is 13.9 Å². The minimum Gasteiger partial charge on any atom is -0.380 e. The van der Waals surface area contributed by atoms with Crippen LogP contribution in [0.3, 0.4) is 0 Å². The van der Waals surface area contributed by atoms with E-state index < -0.39 is 17.2 Å². The van der Waals surface area contributed by atoms with Gasteiger partial charge in [0, 0.05) is 5.56 Å². The fourth-order valence-electron chi connectivity index (χ4n) is 1.07. The van der Waals surface area contributed by atoms with Gasteiger partial charge in [0.15, 0.2) is 11.6 Å². The van der Waals surface area contributed by atoms with Gasteiger partial charge in [-0.15, -0.1) is 11.6 Å². The van der Waals surface area contributed by atoms with E-state index in [1.165, 1.54) is 12.1 Å². The van der Waals surface area contributed by atoms with Gasteiger partial charge in [0.1, 0.15) is 5.60 Å². The lowest BCUT2D eigenvalue weighted by molar-refractivity contribution is 0.110. The minimum absolute atomic E-state index is 0.206. The maximum atomic E-state index is 13.2. The van der Waals surface area contributed by atoms with E-state index in [0.717, 1.165) is 12.1 Å². The third kappa shape index (κ3) is 1.79. The number of benzene rings is 1. The minimum atomic E-state index is -1.73. The third-order valence-electron chi connectivity index (χ3n) is 1.96. The predicted octanol–water partition coefficient (Wildman–Crippen LogP) is 2.58. The summed E-state index contributed by atoms with van der Waals surface area (Å²) in [7, 11) is 0. The Morgan fingerprint density at radius 1 is 1.50 bits per heavy atom. The van der Waals surface area contributed by atoms with Crippen molar-refractivity contribution in [1.29, 1.82) is 0 Å². The summed E-state index contributed by atoms with van der Waals surface area (Å²) in [4.78, 5) is 0. The largest absolute Gasteiger partial charge is 0.380 e. The molecule has 0 radical (unpaired) electrons. The average Bonchev–Trinajstić information content (AvgIpc) is 2.21. The van der Waals surface area contributed by atoms with Crippen LogP contribution in [0.15, 0.2) is 30.9 Å². The maximum absolute atomic E-state index is 13.2. The Morgan fingerprint density at radius 2 is 2.14 bits per heavy atom. The van der Waals surface area contributed by atoms with Gasteiger partial charge in [0.2, 0.25) is 0 Å². The zero-order chi connectivity index (χ0) is 10.8. The first kappa shape index (κ1) is 11.1. The lowest BCUT2D eigenvalue weighted by atomic mass is 9.95. The Bertz CT molecular complexity index is 354. The van der Waals surface area contributed by atoms with Crippen LogP contribution < -0.4 is 0 Å². The van der Waals surface area contributed by atoms with E-state index in [2.05, 4.69) is 6.58 Å². The SMILES string of the molecule is C=CC(O)(CCl)c1cccc(F)c1F. The molecule has 0 aliphatic heterocycles. The van der Waals surface area contributed by atoms with Crippen LogP contribution >= 0.6 is 11.6 Å². The zero-order valence-corrected chi connectivity index (χ0v) is 8.06. The number of alkyl halides is 1. The number of aliphatic hydroxyl groups is 1. The van der Waals surface area contributed by atoms with Crippen molar-refractivity contribution in [2.45, 2.75) is 5.60 Å². The Balaban J connectivity index is 3.31. The van der Waals surface area contributed by atoms with Crippen LogP contribution in [-0.4, -0.2) is 11.0 Å². The fourth-order valence-corrected chi connectivity index (χ4v) is 1.33. The first-order chi connectivity index (χ1) is 6.55. The second-order valence-corrected chi connectivity index (χ2v) is 3.13. The van der Waals surface area contributed by atoms with Gasteiger partial charge in [-0.1, -0.05) is 24.8 Å². The summed E-state index contributed by atoms with van der Waals surface area (Å²) in [6.45, 7) is 3.33. The van der Waals surface area contributed by atoms with Crippen molar-refractivity contribution >= 4 is 11.6 Å². The molecule has 14 heavy (non-hydrogen) atoms. The number of halogens is 3. The van der Waals surface area contributed by atoms with Gasteiger partial charge in [0.25, 0.3) is 0 Å². The van der Waals surface area contributed by atoms with Crippen molar-refractivity contribution in [1.82, 2.24) is 0 Å². The molecule has 0 heterocycles. The van der Waals surface area contributed by atoms with Crippen LogP contribution in [-0.2, 0) is 5.60 Å². The summed E-state index contributed by atoms with van der Waals surface area (Å²) in [6.07, 6.45) is 1.08. The summed E-state index contributed by atoms with van der Waals surface area (Å²) in [5, 5.41) is 9.75. The van der Waals surface area contributed by atoms with Gasteiger partial charge >= 0.3 is 0 Å². The quantitative estimate of drug-likeness (QED) is 0.611. The smallest absolute Gasteiger partial charge is 0.165 e. The van der Waals surface area contributed by atoms with Gasteiger partial charge in [-0.25, -0.2) is 8.78 Å². The Labute approximate surface area is 85.6 Å². The number of hydrogen-bond acceptors (Lipinski definition) is 1. The molecule has 1 rings (SSSR count). The van der Waals surface area contributed by atoms with Crippen LogP contribution in [0, 0.1) is 11.6 Å². The zero-order valence-electron chi connectivity index (χ0n) is 7.30. The second kappa shape index (κ2) is 4.07. The Hall–Kier alpha value is -0.930. The molecule has 1 unspecified atom stereocenters. The number of rotatable bonds is 3. The molecule has 0 saturated heterocycles. The van der Waals surface area contributed by atoms with Gasteiger partial charge < -0.3 is 5.11 Å². The van der Waals surface area contributed by atoms with Crippen LogP contribution in [0.4, 0.5) is 8.78 Å². The van der Waals surface area contributed by atoms with E-state index in [0.29, 0.717) is 0 Å². The molecule has 1 nitrogen and oxygen atoms in total. The van der Waals surface area contributed by atoms with E-state index >= 15 is 0 Å². The van der Waals surface area contributed by atoms with Crippen molar-refractivity contribution in [2.24, 2.45) is 0 Å². The molecule has 0 saturated carbocycles. The fraction of sp³-hybridized carbons (Fsp3) is 0.200. The van der Waals surface area contributed by atoms with Crippen molar-refractivity contribution in [3.63, 3.8) is 0 Å². The van der Waals surface area contributed by atoms with Crippen LogP contribution in [0.2, 0.25) is 0 Å². The topological polar surface area (TPSA) is 20.2 Å². The summed E-state index contributed by atoms with van der Waals surface area (Å²) in [5.41, 5.74) is -1.93. The Kier molecular flexibility index (Phi) is 3.24. The molecule has 1 atom stereocenters. The van der Waals surface area contributed by atoms with Gasteiger partial charge in [-0.05, 0) is 6.07 Å². The number of hydrogen-bond donors (Lipinski definition) is 1.